The summed E-state index contributed by atoms with van der Waals surface area (Å²) in [5.74, 6) is 0.599. The number of benzene rings is 2. The number of rotatable bonds is 5. The third-order valence-corrected chi connectivity index (χ3v) is 4.43. The number of fused-ring (bicyclic) bond motifs is 1. The van der Waals surface area contributed by atoms with Gasteiger partial charge < -0.3 is 15.0 Å². The van der Waals surface area contributed by atoms with E-state index in [0.29, 0.717) is 12.1 Å². The van der Waals surface area contributed by atoms with Crippen LogP contribution in [0.4, 0.5) is 4.39 Å². The summed E-state index contributed by atoms with van der Waals surface area (Å²) in [6, 6.07) is 13.9. The molecule has 0 aliphatic rings. The van der Waals surface area contributed by atoms with E-state index in [-0.39, 0.29) is 11.9 Å². The Bertz CT molecular complexity index is 839. The Morgan fingerprint density at radius 3 is 2.54 bits per heavy atom. The van der Waals surface area contributed by atoms with Gasteiger partial charge in [0.25, 0.3) is 0 Å². The van der Waals surface area contributed by atoms with Crippen LogP contribution in [0.3, 0.4) is 0 Å². The fourth-order valence-electron chi connectivity index (χ4n) is 2.91. The van der Waals surface area contributed by atoms with Crippen LogP contribution in [0.5, 0.6) is 0 Å². The monoisotopic (exact) mass is 327 g/mol. The van der Waals surface area contributed by atoms with Crippen molar-refractivity contribution in [2.24, 2.45) is 7.05 Å². The molecule has 3 rings (SSSR count). The fraction of sp³-hybridized carbons (Fsp3) is 0.316. The molecule has 0 aliphatic heterocycles. The Hall–Kier alpha value is -2.24. The molecule has 1 heterocycles. The number of aromatic nitrogens is 2. The van der Waals surface area contributed by atoms with Crippen molar-refractivity contribution in [3.05, 3.63) is 65.7 Å². The molecule has 0 fully saturated rings. The molecule has 2 unspecified atom stereocenters. The summed E-state index contributed by atoms with van der Waals surface area (Å²) in [7, 11) is 1.99. The number of para-hydroxylation sites is 2. The average Bonchev–Trinajstić information content (AvgIpc) is 2.91. The molecule has 0 saturated heterocycles. The zero-order valence-corrected chi connectivity index (χ0v) is 14.1. The fourth-order valence-corrected chi connectivity index (χ4v) is 2.91. The molecule has 2 aromatic carbocycles. The van der Waals surface area contributed by atoms with Crippen LogP contribution in [0.15, 0.2) is 48.5 Å². The molecular weight excluding hydrogens is 305 g/mol. The van der Waals surface area contributed by atoms with E-state index in [4.69, 9.17) is 0 Å². The number of nitrogens with one attached hydrogen (secondary N) is 1. The second-order valence-electron chi connectivity index (χ2n) is 6.40. The summed E-state index contributed by atoms with van der Waals surface area (Å²) < 4.78 is 15.1. The van der Waals surface area contributed by atoms with Crippen LogP contribution in [-0.4, -0.2) is 21.2 Å². The molecule has 0 amide bonds. The van der Waals surface area contributed by atoms with Gasteiger partial charge in [0.2, 0.25) is 0 Å². The Labute approximate surface area is 141 Å². The lowest BCUT2D eigenvalue weighted by molar-refractivity contribution is 0.0539. The molecule has 1 aromatic heterocycles. The van der Waals surface area contributed by atoms with Crippen LogP contribution >= 0.6 is 0 Å². The molecule has 2 atom stereocenters. The van der Waals surface area contributed by atoms with Gasteiger partial charge in [0.15, 0.2) is 0 Å². The Kier molecular flexibility index (Phi) is 4.39. The standard InChI is InChI=1S/C19H22FN3O/c1-13(18-22-16-6-4-5-7-17(16)23(18)3)21-12-19(2,24)14-8-10-15(20)11-9-14/h4-11,13,21,24H,12H2,1-3H3. The molecule has 0 radical (unpaired) electrons. The lowest BCUT2D eigenvalue weighted by Gasteiger charge is -2.26. The van der Waals surface area contributed by atoms with E-state index in [1.807, 2.05) is 38.2 Å². The van der Waals surface area contributed by atoms with Crippen molar-refractivity contribution in [2.45, 2.75) is 25.5 Å². The van der Waals surface area contributed by atoms with Crippen molar-refractivity contribution in [3.63, 3.8) is 0 Å². The van der Waals surface area contributed by atoms with Crippen molar-refractivity contribution in [2.75, 3.05) is 6.54 Å². The third kappa shape index (κ3) is 3.18. The first-order chi connectivity index (χ1) is 11.4. The number of aliphatic hydroxyl groups is 1. The highest BCUT2D eigenvalue weighted by Gasteiger charge is 2.25. The lowest BCUT2D eigenvalue weighted by Crippen LogP contribution is -2.37. The molecule has 0 aliphatic carbocycles. The summed E-state index contributed by atoms with van der Waals surface area (Å²) in [6.45, 7) is 4.07. The zero-order chi connectivity index (χ0) is 17.3. The predicted molar refractivity (Wildman–Crippen MR) is 93.1 cm³/mol. The summed E-state index contributed by atoms with van der Waals surface area (Å²) in [6.07, 6.45) is 0. The molecule has 5 heteroatoms. The Morgan fingerprint density at radius 1 is 1.21 bits per heavy atom. The SMILES string of the molecule is CC(NCC(C)(O)c1ccc(F)cc1)c1nc2ccccc2n1C. The Morgan fingerprint density at radius 2 is 1.88 bits per heavy atom. The first-order valence-corrected chi connectivity index (χ1v) is 8.01. The molecule has 126 valence electrons. The van der Waals surface area contributed by atoms with Gasteiger partial charge in [0.1, 0.15) is 11.6 Å². The van der Waals surface area contributed by atoms with Crippen molar-refractivity contribution in [3.8, 4) is 0 Å². The zero-order valence-electron chi connectivity index (χ0n) is 14.1. The van der Waals surface area contributed by atoms with E-state index in [2.05, 4.69) is 14.9 Å². The molecule has 3 aromatic rings. The number of aryl methyl sites for hydroxylation is 1. The molecule has 0 bridgehead atoms. The Balaban J connectivity index is 1.75. The number of halogens is 1. The van der Waals surface area contributed by atoms with E-state index >= 15 is 0 Å². The van der Waals surface area contributed by atoms with Crippen LogP contribution in [0.25, 0.3) is 11.0 Å². The van der Waals surface area contributed by atoms with Crippen LogP contribution in [0.1, 0.15) is 31.3 Å². The molecule has 4 nitrogen and oxygen atoms in total. The highest BCUT2D eigenvalue weighted by molar-refractivity contribution is 5.75. The maximum absolute atomic E-state index is 13.0. The molecule has 0 spiro atoms. The number of hydrogen-bond acceptors (Lipinski definition) is 3. The topological polar surface area (TPSA) is 50.1 Å². The first-order valence-electron chi connectivity index (χ1n) is 8.01. The van der Waals surface area contributed by atoms with Crippen molar-refractivity contribution in [1.82, 2.24) is 14.9 Å². The number of imidazole rings is 1. The van der Waals surface area contributed by atoms with Crippen molar-refractivity contribution in [1.29, 1.82) is 0 Å². The van der Waals surface area contributed by atoms with Gasteiger partial charge >= 0.3 is 0 Å². The molecular formula is C19H22FN3O. The minimum atomic E-state index is -1.09. The molecule has 24 heavy (non-hydrogen) atoms. The second kappa shape index (κ2) is 6.34. The van der Waals surface area contributed by atoms with Gasteiger partial charge in [-0.25, -0.2) is 9.37 Å². The summed E-state index contributed by atoms with van der Waals surface area (Å²) >= 11 is 0. The highest BCUT2D eigenvalue weighted by atomic mass is 19.1. The van der Waals surface area contributed by atoms with Gasteiger partial charge in [0, 0.05) is 13.6 Å². The lowest BCUT2D eigenvalue weighted by atomic mass is 9.95. The van der Waals surface area contributed by atoms with E-state index in [0.717, 1.165) is 16.9 Å². The summed E-state index contributed by atoms with van der Waals surface area (Å²) in [4.78, 5) is 4.67. The van der Waals surface area contributed by atoms with Crippen LogP contribution < -0.4 is 5.32 Å². The van der Waals surface area contributed by atoms with Gasteiger partial charge in [-0.1, -0.05) is 24.3 Å². The largest absolute Gasteiger partial charge is 0.384 e. The van der Waals surface area contributed by atoms with Crippen LogP contribution in [0, 0.1) is 5.82 Å². The minimum absolute atomic E-state index is 0.0330. The second-order valence-corrected chi connectivity index (χ2v) is 6.40. The highest BCUT2D eigenvalue weighted by Crippen LogP contribution is 2.23. The van der Waals surface area contributed by atoms with Gasteiger partial charge in [-0.15, -0.1) is 0 Å². The third-order valence-electron chi connectivity index (χ3n) is 4.43. The van der Waals surface area contributed by atoms with Crippen LogP contribution in [-0.2, 0) is 12.6 Å². The van der Waals surface area contributed by atoms with Crippen molar-refractivity contribution < 1.29 is 9.50 Å². The number of hydrogen-bond donors (Lipinski definition) is 2. The van der Waals surface area contributed by atoms with Crippen LogP contribution in [0.2, 0.25) is 0 Å². The van der Waals surface area contributed by atoms with E-state index in [1.165, 1.54) is 12.1 Å². The van der Waals surface area contributed by atoms with E-state index in [1.54, 1.807) is 19.1 Å². The molecule has 2 N–H and O–H groups in total. The van der Waals surface area contributed by atoms with Crippen molar-refractivity contribution >= 4 is 11.0 Å². The maximum Gasteiger partial charge on any atom is 0.126 e. The average molecular weight is 327 g/mol. The summed E-state index contributed by atoms with van der Waals surface area (Å²) in [5.41, 5.74) is 1.61. The predicted octanol–water partition coefficient (Wildman–Crippen LogP) is 3.27. The minimum Gasteiger partial charge on any atom is -0.384 e. The van der Waals surface area contributed by atoms with Gasteiger partial charge in [0.05, 0.1) is 22.7 Å². The van der Waals surface area contributed by atoms with E-state index in [9.17, 15) is 9.50 Å². The normalized spacial score (nSPS) is 15.4. The van der Waals surface area contributed by atoms with Gasteiger partial charge in [-0.2, -0.15) is 0 Å². The molecule has 0 saturated carbocycles. The smallest absolute Gasteiger partial charge is 0.126 e. The maximum atomic E-state index is 13.0. The number of nitrogens with zero attached hydrogens (tertiary/aromatic N) is 2. The summed E-state index contributed by atoms with van der Waals surface area (Å²) in [5, 5.41) is 14.0. The van der Waals surface area contributed by atoms with Gasteiger partial charge in [-0.05, 0) is 43.7 Å². The van der Waals surface area contributed by atoms with E-state index < -0.39 is 5.60 Å². The first kappa shape index (κ1) is 16.6. The van der Waals surface area contributed by atoms with Gasteiger partial charge in [-0.3, -0.25) is 0 Å². The quantitative estimate of drug-likeness (QED) is 0.756.